The summed E-state index contributed by atoms with van der Waals surface area (Å²) in [6.07, 6.45) is 2.57. The largest absolute Gasteiger partial charge is 0.497 e. The van der Waals surface area contributed by atoms with Gasteiger partial charge < -0.3 is 18.9 Å². The molecule has 7 nitrogen and oxygen atoms in total. The van der Waals surface area contributed by atoms with Crippen LogP contribution in [0, 0.1) is 0 Å². The van der Waals surface area contributed by atoms with Gasteiger partial charge in [-0.05, 0) is 55.0 Å². The first-order chi connectivity index (χ1) is 14.4. The van der Waals surface area contributed by atoms with Gasteiger partial charge in [-0.1, -0.05) is 18.7 Å². The molecule has 0 aliphatic rings. The number of hydrogen-bond acceptors (Lipinski definition) is 7. The summed E-state index contributed by atoms with van der Waals surface area (Å²) in [5.74, 6) is -0.583. The summed E-state index contributed by atoms with van der Waals surface area (Å²) in [5.41, 5.74) is 0.685. The average molecular weight is 410 g/mol. The summed E-state index contributed by atoms with van der Waals surface area (Å²) in [6.45, 7) is 5.61. The SMILES string of the molecule is C=C(CC(=O)Oc1ccc(OC)cc1)C(=O)Oc1ccc(/C=C/C(=O)OCC)cc1. The third kappa shape index (κ3) is 7.27. The predicted molar refractivity (Wildman–Crippen MR) is 110 cm³/mol. The van der Waals surface area contributed by atoms with Crippen molar-refractivity contribution in [3.63, 3.8) is 0 Å². The van der Waals surface area contributed by atoms with Gasteiger partial charge >= 0.3 is 17.9 Å². The standard InChI is InChI=1S/C23H22O7/c1-4-28-21(24)14-7-17-5-8-20(9-6-17)30-23(26)16(2)15-22(25)29-19-12-10-18(27-3)11-13-19/h5-14H,2,4,15H2,1,3H3/b14-7+. The van der Waals surface area contributed by atoms with Crippen LogP contribution in [0.1, 0.15) is 18.9 Å². The van der Waals surface area contributed by atoms with E-state index in [4.69, 9.17) is 18.9 Å². The molecule has 0 bridgehead atoms. The Morgan fingerprint density at radius 3 is 2.07 bits per heavy atom. The molecule has 0 amide bonds. The van der Waals surface area contributed by atoms with Crippen molar-refractivity contribution in [2.45, 2.75) is 13.3 Å². The van der Waals surface area contributed by atoms with Gasteiger partial charge in [-0.3, -0.25) is 4.79 Å². The highest BCUT2D eigenvalue weighted by Gasteiger charge is 2.16. The van der Waals surface area contributed by atoms with Crippen LogP contribution in [-0.4, -0.2) is 31.6 Å². The zero-order valence-corrected chi connectivity index (χ0v) is 16.8. The predicted octanol–water partition coefficient (Wildman–Crippen LogP) is 3.73. The molecular formula is C23H22O7. The van der Waals surface area contributed by atoms with Crippen LogP contribution in [0.3, 0.4) is 0 Å². The second kappa shape index (κ2) is 11.2. The Hall–Kier alpha value is -3.87. The summed E-state index contributed by atoms with van der Waals surface area (Å²) in [6, 6.07) is 12.9. The maximum atomic E-state index is 12.1. The Labute approximate surface area is 174 Å². The fourth-order valence-corrected chi connectivity index (χ4v) is 2.24. The van der Waals surface area contributed by atoms with E-state index in [-0.39, 0.29) is 17.7 Å². The van der Waals surface area contributed by atoms with Gasteiger partial charge in [0.1, 0.15) is 17.2 Å². The molecule has 0 saturated heterocycles. The number of hydrogen-bond donors (Lipinski definition) is 0. The lowest BCUT2D eigenvalue weighted by Gasteiger charge is -2.08. The average Bonchev–Trinajstić information content (AvgIpc) is 2.74. The van der Waals surface area contributed by atoms with Crippen molar-refractivity contribution in [3.8, 4) is 17.2 Å². The fourth-order valence-electron chi connectivity index (χ4n) is 2.24. The highest BCUT2D eigenvalue weighted by atomic mass is 16.5. The summed E-state index contributed by atoms with van der Waals surface area (Å²) in [5, 5.41) is 0. The molecule has 2 rings (SSSR count). The summed E-state index contributed by atoms with van der Waals surface area (Å²) >= 11 is 0. The molecule has 0 spiro atoms. The normalized spacial score (nSPS) is 10.3. The van der Waals surface area contributed by atoms with Crippen LogP contribution in [0.4, 0.5) is 0 Å². The van der Waals surface area contributed by atoms with E-state index in [2.05, 4.69) is 6.58 Å². The molecule has 0 aliphatic heterocycles. The monoisotopic (exact) mass is 410 g/mol. The van der Waals surface area contributed by atoms with Crippen molar-refractivity contribution in [1.82, 2.24) is 0 Å². The second-order valence-corrected chi connectivity index (χ2v) is 5.97. The minimum absolute atomic E-state index is 0.0419. The number of methoxy groups -OCH3 is 1. The van der Waals surface area contributed by atoms with Crippen molar-refractivity contribution in [2.24, 2.45) is 0 Å². The van der Waals surface area contributed by atoms with E-state index in [1.54, 1.807) is 61.5 Å². The molecule has 0 aliphatic carbocycles. The highest BCUT2D eigenvalue weighted by Crippen LogP contribution is 2.19. The molecule has 0 heterocycles. The van der Waals surface area contributed by atoms with Gasteiger partial charge in [0.15, 0.2) is 0 Å². The number of ether oxygens (including phenoxy) is 4. The molecule has 7 heteroatoms. The summed E-state index contributed by atoms with van der Waals surface area (Å²) < 4.78 is 20.2. The highest BCUT2D eigenvalue weighted by molar-refractivity contribution is 5.95. The van der Waals surface area contributed by atoms with Crippen molar-refractivity contribution in [1.29, 1.82) is 0 Å². The topological polar surface area (TPSA) is 88.1 Å². The third-order valence-corrected chi connectivity index (χ3v) is 3.73. The van der Waals surface area contributed by atoms with Gasteiger partial charge in [-0.25, -0.2) is 9.59 Å². The molecule has 156 valence electrons. The van der Waals surface area contributed by atoms with Crippen molar-refractivity contribution >= 4 is 24.0 Å². The van der Waals surface area contributed by atoms with Gasteiger partial charge in [0.2, 0.25) is 0 Å². The van der Waals surface area contributed by atoms with Crippen molar-refractivity contribution in [3.05, 3.63) is 72.3 Å². The number of carbonyl (C=O) groups is 3. The molecule has 0 radical (unpaired) electrons. The lowest BCUT2D eigenvalue weighted by Crippen LogP contribution is -2.16. The molecule has 2 aromatic carbocycles. The van der Waals surface area contributed by atoms with E-state index in [1.165, 1.54) is 13.2 Å². The van der Waals surface area contributed by atoms with Gasteiger partial charge in [-0.15, -0.1) is 0 Å². The number of benzene rings is 2. The first kappa shape index (κ1) is 22.4. The second-order valence-electron chi connectivity index (χ2n) is 5.97. The minimum Gasteiger partial charge on any atom is -0.497 e. The Bertz CT molecular complexity index is 925. The van der Waals surface area contributed by atoms with Gasteiger partial charge in [0.25, 0.3) is 0 Å². The van der Waals surface area contributed by atoms with Crippen LogP contribution in [0.2, 0.25) is 0 Å². The van der Waals surface area contributed by atoms with E-state index in [0.29, 0.717) is 18.1 Å². The Balaban J connectivity index is 1.85. The minimum atomic E-state index is -0.739. The molecule has 2 aromatic rings. The van der Waals surface area contributed by atoms with Crippen LogP contribution in [0.25, 0.3) is 6.08 Å². The number of esters is 3. The lowest BCUT2D eigenvalue weighted by atomic mass is 10.2. The maximum Gasteiger partial charge on any atom is 0.339 e. The van der Waals surface area contributed by atoms with Crippen LogP contribution in [-0.2, 0) is 19.1 Å². The van der Waals surface area contributed by atoms with E-state index in [0.717, 1.165) is 5.56 Å². The fraction of sp³-hybridized carbons (Fsp3) is 0.174. The molecule has 0 aromatic heterocycles. The molecule has 0 unspecified atom stereocenters. The first-order valence-electron chi connectivity index (χ1n) is 9.11. The van der Waals surface area contributed by atoms with Gasteiger partial charge in [0.05, 0.1) is 20.1 Å². The molecule has 0 N–H and O–H groups in total. The molecule has 30 heavy (non-hydrogen) atoms. The number of rotatable bonds is 9. The molecule has 0 atom stereocenters. The molecular weight excluding hydrogens is 388 g/mol. The zero-order chi connectivity index (χ0) is 21.9. The quantitative estimate of drug-likeness (QED) is 0.354. The Morgan fingerprint density at radius 1 is 0.900 bits per heavy atom. The lowest BCUT2D eigenvalue weighted by molar-refractivity contribution is -0.137. The van der Waals surface area contributed by atoms with Gasteiger partial charge in [0, 0.05) is 11.6 Å². The van der Waals surface area contributed by atoms with Crippen LogP contribution in [0.5, 0.6) is 17.2 Å². The van der Waals surface area contributed by atoms with Crippen LogP contribution < -0.4 is 14.2 Å². The van der Waals surface area contributed by atoms with Crippen LogP contribution in [0.15, 0.2) is 66.8 Å². The van der Waals surface area contributed by atoms with Crippen LogP contribution >= 0.6 is 0 Å². The molecule has 0 fully saturated rings. The molecule has 0 saturated carbocycles. The van der Waals surface area contributed by atoms with Crippen molar-refractivity contribution in [2.75, 3.05) is 13.7 Å². The van der Waals surface area contributed by atoms with E-state index in [9.17, 15) is 14.4 Å². The van der Waals surface area contributed by atoms with E-state index >= 15 is 0 Å². The van der Waals surface area contributed by atoms with Crippen molar-refractivity contribution < 1.29 is 33.3 Å². The van der Waals surface area contributed by atoms with E-state index in [1.807, 2.05) is 0 Å². The smallest absolute Gasteiger partial charge is 0.339 e. The Morgan fingerprint density at radius 2 is 1.47 bits per heavy atom. The maximum absolute atomic E-state index is 12.1. The summed E-state index contributed by atoms with van der Waals surface area (Å²) in [7, 11) is 1.53. The number of carbonyl (C=O) groups excluding carboxylic acids is 3. The Kier molecular flexibility index (Phi) is 8.38. The zero-order valence-electron chi connectivity index (χ0n) is 16.8. The first-order valence-corrected chi connectivity index (χ1v) is 9.11. The summed E-state index contributed by atoms with van der Waals surface area (Å²) in [4.78, 5) is 35.4. The van der Waals surface area contributed by atoms with Gasteiger partial charge in [-0.2, -0.15) is 0 Å². The third-order valence-electron chi connectivity index (χ3n) is 3.73. The van der Waals surface area contributed by atoms with E-state index < -0.39 is 17.9 Å².